The second-order valence-corrected chi connectivity index (χ2v) is 5.99. The predicted octanol–water partition coefficient (Wildman–Crippen LogP) is 3.34. The molecule has 0 radical (unpaired) electrons. The molecule has 0 saturated heterocycles. The number of aromatic nitrogens is 6. The summed E-state index contributed by atoms with van der Waals surface area (Å²) in [5, 5.41) is 20.1. The second kappa shape index (κ2) is 6.52. The van der Waals surface area contributed by atoms with Gasteiger partial charge < -0.3 is 4.42 Å². The molecule has 0 aliphatic rings. The number of benzene rings is 2. The quantitative estimate of drug-likeness (QED) is 0.522. The van der Waals surface area contributed by atoms with Crippen molar-refractivity contribution < 1.29 is 8.81 Å². The standard InChI is InChI=1S/C16H10BrFN6O/c17-13-7-2-1-6-12(13)16-21-19-14(25-16)9-24-22-15(20-23-24)10-4-3-5-11(18)8-10/h1-8H,9H2. The first kappa shape index (κ1) is 15.6. The summed E-state index contributed by atoms with van der Waals surface area (Å²) in [6.45, 7) is 0.166. The largest absolute Gasteiger partial charge is 0.419 e. The summed E-state index contributed by atoms with van der Waals surface area (Å²) in [4.78, 5) is 1.32. The molecule has 9 heteroatoms. The van der Waals surface area contributed by atoms with Crippen molar-refractivity contribution in [3.63, 3.8) is 0 Å². The molecule has 0 saturated carbocycles. The van der Waals surface area contributed by atoms with Gasteiger partial charge in [0.05, 0.1) is 5.56 Å². The molecule has 2 aromatic heterocycles. The number of rotatable bonds is 4. The third-order valence-electron chi connectivity index (χ3n) is 3.38. The van der Waals surface area contributed by atoms with Crippen LogP contribution in [0.15, 0.2) is 57.4 Å². The van der Waals surface area contributed by atoms with Gasteiger partial charge in [0.15, 0.2) is 0 Å². The SMILES string of the molecule is Fc1cccc(-c2nnn(Cc3nnc(-c4ccccc4Br)o3)n2)c1. The molecule has 4 aromatic rings. The van der Waals surface area contributed by atoms with E-state index in [9.17, 15) is 4.39 Å². The summed E-state index contributed by atoms with van der Waals surface area (Å²) in [5.74, 6) is 0.704. The van der Waals surface area contributed by atoms with Gasteiger partial charge in [-0.15, -0.1) is 20.4 Å². The van der Waals surface area contributed by atoms with Gasteiger partial charge in [0.1, 0.15) is 12.4 Å². The first-order chi connectivity index (χ1) is 12.2. The van der Waals surface area contributed by atoms with Gasteiger partial charge >= 0.3 is 0 Å². The minimum Gasteiger partial charge on any atom is -0.419 e. The van der Waals surface area contributed by atoms with Crippen LogP contribution in [0.3, 0.4) is 0 Å². The van der Waals surface area contributed by atoms with Crippen molar-refractivity contribution in [2.75, 3.05) is 0 Å². The lowest BCUT2D eigenvalue weighted by Crippen LogP contribution is -2.04. The second-order valence-electron chi connectivity index (χ2n) is 5.13. The number of halogens is 2. The number of nitrogens with zero attached hydrogens (tertiary/aromatic N) is 6. The van der Waals surface area contributed by atoms with Crippen LogP contribution in [0, 0.1) is 5.82 Å². The molecule has 0 spiro atoms. The zero-order valence-electron chi connectivity index (χ0n) is 12.7. The van der Waals surface area contributed by atoms with Crippen LogP contribution < -0.4 is 0 Å². The monoisotopic (exact) mass is 400 g/mol. The van der Waals surface area contributed by atoms with E-state index in [0.29, 0.717) is 23.2 Å². The van der Waals surface area contributed by atoms with Crippen molar-refractivity contribution in [3.05, 3.63) is 64.7 Å². The Morgan fingerprint density at radius 3 is 2.76 bits per heavy atom. The first-order valence-electron chi connectivity index (χ1n) is 7.30. The normalized spacial score (nSPS) is 11.0. The Bertz CT molecular complexity index is 1030. The van der Waals surface area contributed by atoms with Gasteiger partial charge in [-0.1, -0.05) is 24.3 Å². The smallest absolute Gasteiger partial charge is 0.248 e. The summed E-state index contributed by atoms with van der Waals surface area (Å²) in [6.07, 6.45) is 0. The van der Waals surface area contributed by atoms with Gasteiger partial charge in [-0.05, 0) is 45.4 Å². The van der Waals surface area contributed by atoms with Crippen LogP contribution in [0.25, 0.3) is 22.8 Å². The van der Waals surface area contributed by atoms with E-state index in [2.05, 4.69) is 41.5 Å². The summed E-state index contributed by atoms with van der Waals surface area (Å²) in [5.41, 5.74) is 1.35. The molecule has 0 amide bonds. The number of tetrazole rings is 1. The lowest BCUT2D eigenvalue weighted by molar-refractivity contribution is 0.446. The topological polar surface area (TPSA) is 82.5 Å². The molecular weight excluding hydrogens is 391 g/mol. The third-order valence-corrected chi connectivity index (χ3v) is 4.07. The summed E-state index contributed by atoms with van der Waals surface area (Å²) < 4.78 is 19.8. The van der Waals surface area contributed by atoms with E-state index in [1.807, 2.05) is 24.3 Å². The Labute approximate surface area is 149 Å². The molecule has 0 aliphatic heterocycles. The molecule has 7 nitrogen and oxygen atoms in total. The van der Waals surface area contributed by atoms with E-state index in [-0.39, 0.29) is 12.4 Å². The molecule has 0 N–H and O–H groups in total. The van der Waals surface area contributed by atoms with Crippen LogP contribution in [0.4, 0.5) is 4.39 Å². The van der Waals surface area contributed by atoms with E-state index in [0.717, 1.165) is 10.0 Å². The minimum absolute atomic E-state index is 0.166. The van der Waals surface area contributed by atoms with Gasteiger partial charge in [0, 0.05) is 10.0 Å². The molecular formula is C16H10BrFN6O. The number of hydrogen-bond acceptors (Lipinski definition) is 6. The Morgan fingerprint density at radius 2 is 1.92 bits per heavy atom. The average Bonchev–Trinajstić information content (AvgIpc) is 3.25. The van der Waals surface area contributed by atoms with Gasteiger partial charge in [0.2, 0.25) is 17.6 Å². The van der Waals surface area contributed by atoms with E-state index in [1.54, 1.807) is 12.1 Å². The molecule has 2 aromatic carbocycles. The highest BCUT2D eigenvalue weighted by molar-refractivity contribution is 9.10. The maximum absolute atomic E-state index is 13.3. The molecule has 0 bridgehead atoms. The van der Waals surface area contributed by atoms with Crippen LogP contribution in [-0.2, 0) is 6.54 Å². The van der Waals surface area contributed by atoms with Gasteiger partial charge in [0.25, 0.3) is 0 Å². The highest BCUT2D eigenvalue weighted by Gasteiger charge is 2.13. The van der Waals surface area contributed by atoms with Crippen molar-refractivity contribution in [2.24, 2.45) is 0 Å². The van der Waals surface area contributed by atoms with Gasteiger partial charge in [-0.25, -0.2) is 4.39 Å². The maximum Gasteiger partial charge on any atom is 0.248 e. The molecule has 0 unspecified atom stereocenters. The molecule has 0 fully saturated rings. The lowest BCUT2D eigenvalue weighted by atomic mass is 10.2. The fraction of sp³-hybridized carbons (Fsp3) is 0.0625. The third kappa shape index (κ3) is 3.31. The maximum atomic E-state index is 13.3. The van der Waals surface area contributed by atoms with Crippen LogP contribution in [0.5, 0.6) is 0 Å². The van der Waals surface area contributed by atoms with Crippen molar-refractivity contribution in [3.8, 4) is 22.8 Å². The Kier molecular flexibility index (Phi) is 4.06. The first-order valence-corrected chi connectivity index (χ1v) is 8.09. The van der Waals surface area contributed by atoms with Crippen LogP contribution in [0.1, 0.15) is 5.89 Å². The highest BCUT2D eigenvalue weighted by atomic mass is 79.9. The Balaban J connectivity index is 1.55. The summed E-state index contributed by atoms with van der Waals surface area (Å²) in [7, 11) is 0. The van der Waals surface area contributed by atoms with Crippen molar-refractivity contribution in [2.45, 2.75) is 6.54 Å². The summed E-state index contributed by atoms with van der Waals surface area (Å²) in [6, 6.07) is 13.6. The average molecular weight is 401 g/mol. The Morgan fingerprint density at radius 1 is 1.04 bits per heavy atom. The highest BCUT2D eigenvalue weighted by Crippen LogP contribution is 2.26. The van der Waals surface area contributed by atoms with Gasteiger partial charge in [-0.2, -0.15) is 4.80 Å². The molecule has 0 atom stereocenters. The fourth-order valence-electron chi connectivity index (χ4n) is 2.24. The van der Waals surface area contributed by atoms with Crippen LogP contribution in [-0.4, -0.2) is 30.4 Å². The minimum atomic E-state index is -0.358. The van der Waals surface area contributed by atoms with Crippen molar-refractivity contribution >= 4 is 15.9 Å². The molecule has 25 heavy (non-hydrogen) atoms. The number of hydrogen-bond donors (Lipinski definition) is 0. The predicted molar refractivity (Wildman–Crippen MR) is 89.7 cm³/mol. The van der Waals surface area contributed by atoms with E-state index < -0.39 is 0 Å². The van der Waals surface area contributed by atoms with Crippen LogP contribution in [0.2, 0.25) is 0 Å². The molecule has 124 valence electrons. The molecule has 0 aliphatic carbocycles. The van der Waals surface area contributed by atoms with E-state index in [1.165, 1.54) is 16.9 Å². The summed E-state index contributed by atoms with van der Waals surface area (Å²) >= 11 is 3.45. The fourth-order valence-corrected chi connectivity index (χ4v) is 2.69. The lowest BCUT2D eigenvalue weighted by Gasteiger charge is -1.97. The van der Waals surface area contributed by atoms with E-state index in [4.69, 9.17) is 4.42 Å². The Hall–Kier alpha value is -2.94. The van der Waals surface area contributed by atoms with Crippen molar-refractivity contribution in [1.29, 1.82) is 0 Å². The van der Waals surface area contributed by atoms with Crippen LogP contribution >= 0.6 is 15.9 Å². The zero-order valence-corrected chi connectivity index (χ0v) is 14.3. The van der Waals surface area contributed by atoms with Crippen molar-refractivity contribution in [1.82, 2.24) is 30.4 Å². The van der Waals surface area contributed by atoms with E-state index >= 15 is 0 Å². The molecule has 2 heterocycles. The molecule has 4 rings (SSSR count). The zero-order chi connectivity index (χ0) is 17.2. The van der Waals surface area contributed by atoms with Gasteiger partial charge in [-0.3, -0.25) is 0 Å².